The number of hydrogen-bond acceptors (Lipinski definition) is 6. The molecule has 0 aliphatic heterocycles. The van der Waals surface area contributed by atoms with Crippen LogP contribution in [-0.2, 0) is 6.54 Å². The predicted octanol–water partition coefficient (Wildman–Crippen LogP) is 3.80. The van der Waals surface area contributed by atoms with E-state index in [2.05, 4.69) is 20.4 Å². The third-order valence-corrected chi connectivity index (χ3v) is 4.65. The monoisotopic (exact) mass is 389 g/mol. The first-order chi connectivity index (χ1) is 14.1. The predicted molar refractivity (Wildman–Crippen MR) is 104 cm³/mol. The van der Waals surface area contributed by atoms with Crippen molar-refractivity contribution in [1.82, 2.24) is 34.7 Å². The summed E-state index contributed by atoms with van der Waals surface area (Å²) in [6, 6.07) is 9.89. The Hall–Kier alpha value is -3.88. The lowest BCUT2D eigenvalue weighted by Crippen LogP contribution is -2.02. The van der Waals surface area contributed by atoms with E-state index in [1.54, 1.807) is 36.1 Å². The molecule has 0 amide bonds. The first kappa shape index (κ1) is 17.2. The van der Waals surface area contributed by atoms with E-state index in [1.807, 2.05) is 23.7 Å². The quantitative estimate of drug-likeness (QED) is 0.465. The van der Waals surface area contributed by atoms with Gasteiger partial charge in [-0.1, -0.05) is 0 Å². The molecule has 4 heterocycles. The van der Waals surface area contributed by atoms with Gasteiger partial charge in [0.2, 0.25) is 11.8 Å². The van der Waals surface area contributed by atoms with Gasteiger partial charge < -0.3 is 4.42 Å². The summed E-state index contributed by atoms with van der Waals surface area (Å²) in [4.78, 5) is 4.83. The second-order valence-corrected chi connectivity index (χ2v) is 6.48. The molecule has 5 rings (SSSR count). The van der Waals surface area contributed by atoms with Crippen LogP contribution in [0.25, 0.3) is 39.6 Å². The molecule has 0 aliphatic carbocycles. The zero-order chi connectivity index (χ0) is 20.0. The molecule has 0 spiro atoms. The van der Waals surface area contributed by atoms with Gasteiger partial charge in [0.05, 0.1) is 34.2 Å². The fraction of sp³-hybridized carbons (Fsp3) is 0.150. The molecule has 8 nitrogen and oxygen atoms in total. The first-order valence-corrected chi connectivity index (χ1v) is 9.11. The number of halogens is 1. The Morgan fingerprint density at radius 2 is 1.90 bits per heavy atom. The number of aryl methyl sites for hydroxylation is 2. The third-order valence-electron chi connectivity index (χ3n) is 4.65. The van der Waals surface area contributed by atoms with Gasteiger partial charge in [0, 0.05) is 19.7 Å². The van der Waals surface area contributed by atoms with Crippen molar-refractivity contribution in [3.63, 3.8) is 0 Å². The summed E-state index contributed by atoms with van der Waals surface area (Å²) >= 11 is 0. The van der Waals surface area contributed by atoms with Crippen molar-refractivity contribution >= 4 is 11.0 Å². The van der Waals surface area contributed by atoms with Gasteiger partial charge in [-0.05, 0) is 43.3 Å². The van der Waals surface area contributed by atoms with Gasteiger partial charge in [-0.25, -0.2) is 14.1 Å². The van der Waals surface area contributed by atoms with Crippen LogP contribution in [-0.4, -0.2) is 34.7 Å². The van der Waals surface area contributed by atoms with Crippen LogP contribution in [0.2, 0.25) is 0 Å². The Labute approximate surface area is 164 Å². The van der Waals surface area contributed by atoms with Crippen LogP contribution in [0.15, 0.2) is 53.2 Å². The fourth-order valence-electron chi connectivity index (χ4n) is 3.29. The molecule has 0 radical (unpaired) electrons. The van der Waals surface area contributed by atoms with Gasteiger partial charge >= 0.3 is 0 Å². The summed E-state index contributed by atoms with van der Waals surface area (Å²) in [5, 5.41) is 17.7. The van der Waals surface area contributed by atoms with E-state index in [0.717, 1.165) is 16.6 Å². The van der Waals surface area contributed by atoms with E-state index < -0.39 is 0 Å². The molecule has 5 aromatic rings. The van der Waals surface area contributed by atoms with Gasteiger partial charge in [-0.3, -0.25) is 4.68 Å². The maximum absolute atomic E-state index is 13.4. The number of rotatable bonds is 4. The van der Waals surface area contributed by atoms with Crippen molar-refractivity contribution in [2.45, 2.75) is 20.4 Å². The second kappa shape index (κ2) is 6.62. The normalized spacial score (nSPS) is 11.4. The van der Waals surface area contributed by atoms with Crippen molar-refractivity contribution in [1.29, 1.82) is 0 Å². The van der Waals surface area contributed by atoms with Crippen molar-refractivity contribution in [3.8, 4) is 28.5 Å². The highest BCUT2D eigenvalue weighted by atomic mass is 19.1. The van der Waals surface area contributed by atoms with E-state index >= 15 is 0 Å². The van der Waals surface area contributed by atoms with Crippen molar-refractivity contribution < 1.29 is 8.81 Å². The van der Waals surface area contributed by atoms with Gasteiger partial charge in [0.15, 0.2) is 5.65 Å². The van der Waals surface area contributed by atoms with Crippen molar-refractivity contribution in [2.75, 3.05) is 0 Å². The zero-order valence-electron chi connectivity index (χ0n) is 15.7. The SMILES string of the molecule is CCn1nccc1-c1cc(-c2nnc(C)o2)c2cnn(-c3ccc(F)cc3)c2n1. The number of benzene rings is 1. The molecule has 0 unspecified atom stereocenters. The van der Waals surface area contributed by atoms with Gasteiger partial charge in [0.1, 0.15) is 5.82 Å². The summed E-state index contributed by atoms with van der Waals surface area (Å²) in [7, 11) is 0. The highest BCUT2D eigenvalue weighted by Gasteiger charge is 2.19. The summed E-state index contributed by atoms with van der Waals surface area (Å²) in [6.45, 7) is 4.46. The van der Waals surface area contributed by atoms with E-state index in [-0.39, 0.29) is 5.82 Å². The molecular formula is C20H16FN7O. The number of nitrogens with zero attached hydrogens (tertiary/aromatic N) is 7. The van der Waals surface area contributed by atoms with Crippen LogP contribution in [0.1, 0.15) is 12.8 Å². The van der Waals surface area contributed by atoms with Gasteiger partial charge in [-0.2, -0.15) is 10.2 Å². The standard InChI is InChI=1S/C20H16FN7O/c1-3-27-18(8-9-22-27)17-10-15(20-26-25-12(2)29-20)16-11-23-28(19(16)24-17)14-6-4-13(21)5-7-14/h4-11H,3H2,1-2H3. The Morgan fingerprint density at radius 3 is 2.62 bits per heavy atom. The molecule has 0 N–H and O–H groups in total. The Kier molecular flexibility index (Phi) is 3.94. The fourth-order valence-corrected chi connectivity index (χ4v) is 3.29. The Bertz CT molecular complexity index is 1320. The first-order valence-electron chi connectivity index (χ1n) is 9.11. The lowest BCUT2D eigenvalue weighted by Gasteiger charge is -2.08. The van der Waals surface area contributed by atoms with Crippen LogP contribution < -0.4 is 0 Å². The minimum atomic E-state index is -0.312. The highest BCUT2D eigenvalue weighted by molar-refractivity contribution is 5.93. The van der Waals surface area contributed by atoms with Crippen LogP contribution >= 0.6 is 0 Å². The van der Waals surface area contributed by atoms with E-state index in [0.29, 0.717) is 35.4 Å². The van der Waals surface area contributed by atoms with E-state index in [9.17, 15) is 4.39 Å². The molecule has 0 atom stereocenters. The molecule has 9 heteroatoms. The van der Waals surface area contributed by atoms with Crippen molar-refractivity contribution in [3.05, 3.63) is 60.5 Å². The van der Waals surface area contributed by atoms with Crippen LogP contribution in [0.4, 0.5) is 4.39 Å². The highest BCUT2D eigenvalue weighted by Crippen LogP contribution is 2.32. The molecule has 144 valence electrons. The summed E-state index contributed by atoms with van der Waals surface area (Å²) in [5.74, 6) is 0.543. The molecule has 0 saturated heterocycles. The molecule has 29 heavy (non-hydrogen) atoms. The molecule has 1 aromatic carbocycles. The Morgan fingerprint density at radius 1 is 1.07 bits per heavy atom. The Balaban J connectivity index is 1.80. The largest absolute Gasteiger partial charge is 0.421 e. The maximum Gasteiger partial charge on any atom is 0.248 e. The van der Waals surface area contributed by atoms with Gasteiger partial charge in [-0.15, -0.1) is 10.2 Å². The van der Waals surface area contributed by atoms with Crippen LogP contribution in [0.5, 0.6) is 0 Å². The second-order valence-electron chi connectivity index (χ2n) is 6.48. The number of aromatic nitrogens is 7. The lowest BCUT2D eigenvalue weighted by atomic mass is 10.1. The average molecular weight is 389 g/mol. The third kappa shape index (κ3) is 2.87. The molecule has 0 fully saturated rings. The van der Waals surface area contributed by atoms with Crippen LogP contribution in [0, 0.1) is 12.7 Å². The average Bonchev–Trinajstić information content (AvgIpc) is 3.46. The minimum absolute atomic E-state index is 0.312. The molecular weight excluding hydrogens is 373 g/mol. The van der Waals surface area contributed by atoms with Gasteiger partial charge in [0.25, 0.3) is 0 Å². The number of pyridine rings is 1. The molecule has 0 aliphatic rings. The summed E-state index contributed by atoms with van der Waals surface area (Å²) in [5.41, 5.74) is 3.58. The topological polar surface area (TPSA) is 87.5 Å². The smallest absolute Gasteiger partial charge is 0.248 e. The number of fused-ring (bicyclic) bond motifs is 1. The summed E-state index contributed by atoms with van der Waals surface area (Å²) in [6.07, 6.45) is 3.43. The maximum atomic E-state index is 13.4. The van der Waals surface area contributed by atoms with Crippen molar-refractivity contribution in [2.24, 2.45) is 0 Å². The summed E-state index contributed by atoms with van der Waals surface area (Å²) < 4.78 is 22.6. The molecule has 0 saturated carbocycles. The van der Waals surface area contributed by atoms with E-state index in [1.165, 1.54) is 12.1 Å². The number of hydrogen-bond donors (Lipinski definition) is 0. The lowest BCUT2D eigenvalue weighted by molar-refractivity contribution is 0.533. The van der Waals surface area contributed by atoms with Crippen LogP contribution in [0.3, 0.4) is 0 Å². The van der Waals surface area contributed by atoms with E-state index in [4.69, 9.17) is 9.40 Å². The minimum Gasteiger partial charge on any atom is -0.421 e. The molecule has 4 aromatic heterocycles. The molecule has 0 bridgehead atoms. The zero-order valence-corrected chi connectivity index (χ0v) is 15.7.